The molecule has 0 atom stereocenters. The number of rotatable bonds is 5. The molecule has 1 saturated carbocycles. The third-order valence-corrected chi connectivity index (χ3v) is 5.99. The number of amides is 1. The summed E-state index contributed by atoms with van der Waals surface area (Å²) < 4.78 is 33.8. The van der Waals surface area contributed by atoms with Crippen molar-refractivity contribution in [3.05, 3.63) is 48.0 Å². The Balaban J connectivity index is 1.63. The van der Waals surface area contributed by atoms with Crippen LogP contribution in [-0.4, -0.2) is 39.5 Å². The predicted octanol–water partition coefficient (Wildman–Crippen LogP) is 4.20. The van der Waals surface area contributed by atoms with Crippen LogP contribution < -0.4 is 15.0 Å². The molecule has 5 rings (SSSR count). The van der Waals surface area contributed by atoms with Crippen molar-refractivity contribution in [3.8, 4) is 17.1 Å². The maximum atomic E-state index is 14.4. The molecule has 0 radical (unpaired) electrons. The summed E-state index contributed by atoms with van der Waals surface area (Å²) in [6, 6.07) is 6.82. The Morgan fingerprint density at radius 1 is 1.18 bits per heavy atom. The van der Waals surface area contributed by atoms with Gasteiger partial charge in [0.2, 0.25) is 17.6 Å². The van der Waals surface area contributed by atoms with E-state index >= 15 is 0 Å². The fourth-order valence-electron chi connectivity index (χ4n) is 4.15. The quantitative estimate of drug-likeness (QED) is 0.620. The van der Waals surface area contributed by atoms with Gasteiger partial charge in [0, 0.05) is 67.5 Å². The molecule has 1 amide bonds. The highest BCUT2D eigenvalue weighted by atomic mass is 19.3. The minimum atomic E-state index is -3.23. The first kappa shape index (κ1) is 21.2. The SMILES string of the molecule is COc1ccc(-c2cc(N3CC4(CC4)c4cnc(NC(C)=O)cc43)nc(C(C)(F)F)n2)cn1. The molecule has 0 bridgehead atoms. The molecule has 1 aliphatic heterocycles. The van der Waals surface area contributed by atoms with Crippen LogP contribution in [0.15, 0.2) is 36.7 Å². The van der Waals surface area contributed by atoms with Crippen LogP contribution in [0.3, 0.4) is 0 Å². The molecule has 2 aliphatic rings. The summed E-state index contributed by atoms with van der Waals surface area (Å²) in [4.78, 5) is 30.3. The average molecular weight is 452 g/mol. The molecule has 1 aliphatic carbocycles. The van der Waals surface area contributed by atoms with E-state index in [0.29, 0.717) is 35.3 Å². The van der Waals surface area contributed by atoms with Crippen LogP contribution in [0.1, 0.15) is 38.1 Å². The zero-order valence-corrected chi connectivity index (χ0v) is 18.4. The average Bonchev–Trinajstić information content (AvgIpc) is 3.49. The molecule has 0 unspecified atom stereocenters. The zero-order valence-electron chi connectivity index (χ0n) is 18.4. The summed E-state index contributed by atoms with van der Waals surface area (Å²) in [7, 11) is 1.50. The number of alkyl halides is 2. The number of halogens is 2. The van der Waals surface area contributed by atoms with Gasteiger partial charge in [-0.2, -0.15) is 8.78 Å². The van der Waals surface area contributed by atoms with E-state index in [2.05, 4.69) is 25.3 Å². The van der Waals surface area contributed by atoms with Crippen molar-refractivity contribution in [2.45, 2.75) is 38.0 Å². The van der Waals surface area contributed by atoms with E-state index in [-0.39, 0.29) is 11.3 Å². The molecule has 33 heavy (non-hydrogen) atoms. The summed E-state index contributed by atoms with van der Waals surface area (Å²) >= 11 is 0. The summed E-state index contributed by atoms with van der Waals surface area (Å²) in [5.41, 5.74) is 2.67. The second-order valence-electron chi connectivity index (χ2n) is 8.55. The predicted molar refractivity (Wildman–Crippen MR) is 118 cm³/mol. The van der Waals surface area contributed by atoms with Gasteiger partial charge in [-0.15, -0.1) is 0 Å². The lowest BCUT2D eigenvalue weighted by Crippen LogP contribution is -2.23. The van der Waals surface area contributed by atoms with Gasteiger partial charge in [-0.05, 0) is 18.9 Å². The number of aromatic nitrogens is 4. The van der Waals surface area contributed by atoms with Crippen molar-refractivity contribution < 1.29 is 18.3 Å². The van der Waals surface area contributed by atoms with Gasteiger partial charge in [-0.3, -0.25) is 4.79 Å². The number of carbonyl (C=O) groups excluding carboxylic acids is 1. The van der Waals surface area contributed by atoms with E-state index < -0.39 is 11.7 Å². The maximum Gasteiger partial charge on any atom is 0.303 e. The van der Waals surface area contributed by atoms with Crippen LogP contribution in [0.25, 0.3) is 11.3 Å². The number of fused-ring (bicyclic) bond motifs is 2. The van der Waals surface area contributed by atoms with Gasteiger partial charge in [0.1, 0.15) is 11.6 Å². The molecule has 1 fully saturated rings. The standard InChI is InChI=1S/C23H22F2N6O2/c1-13(32)28-18-9-17-15(11-26-18)23(6-7-23)12-31(17)19-8-16(29-21(30-19)22(2,24)25)14-4-5-20(33-3)27-10-14/h4-5,8-11H,6-7,12H2,1-3H3,(H,26,28,32). The first-order valence-corrected chi connectivity index (χ1v) is 10.5. The number of carbonyl (C=O) groups is 1. The Kier molecular flexibility index (Phi) is 4.77. The first-order chi connectivity index (χ1) is 15.7. The highest BCUT2D eigenvalue weighted by molar-refractivity contribution is 5.89. The molecule has 8 nitrogen and oxygen atoms in total. The highest BCUT2D eigenvalue weighted by Crippen LogP contribution is 2.58. The van der Waals surface area contributed by atoms with E-state index in [4.69, 9.17) is 4.74 Å². The number of pyridine rings is 2. The smallest absolute Gasteiger partial charge is 0.303 e. The Bertz CT molecular complexity index is 1240. The number of nitrogens with zero attached hydrogens (tertiary/aromatic N) is 5. The van der Waals surface area contributed by atoms with Crippen LogP contribution in [0.2, 0.25) is 0 Å². The molecule has 1 N–H and O–H groups in total. The van der Waals surface area contributed by atoms with Gasteiger partial charge in [-0.1, -0.05) is 0 Å². The van der Waals surface area contributed by atoms with Crippen molar-refractivity contribution >= 4 is 23.2 Å². The Hall–Kier alpha value is -3.69. The van der Waals surface area contributed by atoms with Gasteiger partial charge in [-0.25, -0.2) is 19.9 Å². The number of nitrogens with one attached hydrogen (secondary N) is 1. The van der Waals surface area contributed by atoms with E-state index in [1.54, 1.807) is 30.5 Å². The molecule has 3 aromatic heterocycles. The lowest BCUT2D eigenvalue weighted by atomic mass is 10.0. The van der Waals surface area contributed by atoms with Gasteiger partial charge in [0.25, 0.3) is 0 Å². The largest absolute Gasteiger partial charge is 0.481 e. The summed E-state index contributed by atoms with van der Waals surface area (Å²) in [6.07, 6.45) is 5.25. The fraction of sp³-hybridized carbons (Fsp3) is 0.348. The third-order valence-electron chi connectivity index (χ3n) is 5.99. The second kappa shape index (κ2) is 7.43. The van der Waals surface area contributed by atoms with Crippen LogP contribution in [0.5, 0.6) is 5.88 Å². The van der Waals surface area contributed by atoms with Crippen LogP contribution >= 0.6 is 0 Å². The van der Waals surface area contributed by atoms with Crippen molar-refractivity contribution in [1.29, 1.82) is 0 Å². The minimum absolute atomic E-state index is 0.0707. The molecule has 1 spiro atoms. The molecular formula is C23H22F2N6O2. The lowest BCUT2D eigenvalue weighted by molar-refractivity contribution is -0.114. The van der Waals surface area contributed by atoms with E-state index in [1.807, 2.05) is 4.90 Å². The Labute approximate surface area is 189 Å². The Morgan fingerprint density at radius 3 is 2.58 bits per heavy atom. The molecule has 10 heteroatoms. The second-order valence-corrected chi connectivity index (χ2v) is 8.55. The van der Waals surface area contributed by atoms with E-state index in [9.17, 15) is 13.6 Å². The zero-order chi connectivity index (χ0) is 23.4. The molecule has 170 valence electrons. The normalized spacial score (nSPS) is 16.0. The monoisotopic (exact) mass is 452 g/mol. The third kappa shape index (κ3) is 3.85. The van der Waals surface area contributed by atoms with Crippen molar-refractivity contribution in [3.63, 3.8) is 0 Å². The lowest BCUT2D eigenvalue weighted by Gasteiger charge is -2.22. The van der Waals surface area contributed by atoms with Crippen LogP contribution in [-0.2, 0) is 16.1 Å². The van der Waals surface area contributed by atoms with Crippen LogP contribution in [0, 0.1) is 0 Å². The number of hydrogen-bond donors (Lipinski definition) is 1. The molecular weight excluding hydrogens is 430 g/mol. The molecule has 0 aromatic carbocycles. The fourth-order valence-corrected chi connectivity index (χ4v) is 4.15. The van der Waals surface area contributed by atoms with Gasteiger partial charge >= 0.3 is 5.92 Å². The number of methoxy groups -OCH3 is 1. The molecule has 4 heterocycles. The van der Waals surface area contributed by atoms with Gasteiger partial charge in [0.05, 0.1) is 18.5 Å². The minimum Gasteiger partial charge on any atom is -0.481 e. The summed E-state index contributed by atoms with van der Waals surface area (Å²) in [5.74, 6) is -2.87. The van der Waals surface area contributed by atoms with Crippen LogP contribution in [0.4, 0.5) is 26.1 Å². The summed E-state index contributed by atoms with van der Waals surface area (Å²) in [5, 5.41) is 2.69. The number of anilines is 3. The van der Waals surface area contributed by atoms with E-state index in [1.165, 1.54) is 20.2 Å². The van der Waals surface area contributed by atoms with Crippen molar-refractivity contribution in [1.82, 2.24) is 19.9 Å². The number of hydrogen-bond acceptors (Lipinski definition) is 7. The van der Waals surface area contributed by atoms with Gasteiger partial charge in [0.15, 0.2) is 0 Å². The van der Waals surface area contributed by atoms with Crippen molar-refractivity contribution in [2.75, 3.05) is 23.9 Å². The van der Waals surface area contributed by atoms with E-state index in [0.717, 1.165) is 31.0 Å². The summed E-state index contributed by atoms with van der Waals surface area (Å²) in [6.45, 7) is 2.78. The number of ether oxygens (including phenoxy) is 1. The van der Waals surface area contributed by atoms with Crippen molar-refractivity contribution in [2.24, 2.45) is 0 Å². The Morgan fingerprint density at radius 2 is 1.97 bits per heavy atom. The highest BCUT2D eigenvalue weighted by Gasteiger charge is 2.52. The van der Waals surface area contributed by atoms with Gasteiger partial charge < -0.3 is 15.0 Å². The molecule has 0 saturated heterocycles. The first-order valence-electron chi connectivity index (χ1n) is 10.5. The molecule has 3 aromatic rings. The topological polar surface area (TPSA) is 93.1 Å². The maximum absolute atomic E-state index is 14.4.